The van der Waals surface area contributed by atoms with Crippen LogP contribution in [0.25, 0.3) is 0 Å². The number of nitrogens with two attached hydrogens (primary N) is 1. The Bertz CT molecular complexity index is 1360. The highest BCUT2D eigenvalue weighted by atomic mass is 16.5. The molecule has 3 atom stereocenters. The molecule has 0 bridgehead atoms. The van der Waals surface area contributed by atoms with Crippen molar-refractivity contribution in [3.8, 4) is 5.75 Å². The number of benzene rings is 3. The van der Waals surface area contributed by atoms with Crippen LogP contribution in [0.5, 0.6) is 5.75 Å². The molecule has 0 spiro atoms. The molecule has 1 aliphatic heterocycles. The lowest BCUT2D eigenvalue weighted by Crippen LogP contribution is -2.49. The van der Waals surface area contributed by atoms with Crippen LogP contribution in [-0.2, 0) is 6.54 Å². The number of anilines is 3. The van der Waals surface area contributed by atoms with Crippen molar-refractivity contribution in [1.29, 1.82) is 0 Å². The zero-order valence-electron chi connectivity index (χ0n) is 24.5. The lowest BCUT2D eigenvalue weighted by Gasteiger charge is -2.39. The molecule has 41 heavy (non-hydrogen) atoms. The minimum absolute atomic E-state index is 0.00950. The second-order valence-corrected chi connectivity index (χ2v) is 11.1. The van der Waals surface area contributed by atoms with Crippen molar-refractivity contribution in [3.63, 3.8) is 0 Å². The number of aliphatic hydroxyl groups is 1. The molecule has 0 saturated heterocycles. The quantitative estimate of drug-likeness (QED) is 0.341. The van der Waals surface area contributed by atoms with E-state index in [0.29, 0.717) is 47.9 Å². The molecule has 9 nitrogen and oxygen atoms in total. The largest absolute Gasteiger partial charge is 0.486 e. The molecule has 1 heterocycles. The van der Waals surface area contributed by atoms with E-state index in [9.17, 15) is 14.7 Å². The summed E-state index contributed by atoms with van der Waals surface area (Å²) in [5.41, 5.74) is 10.00. The Morgan fingerprint density at radius 2 is 1.80 bits per heavy atom. The molecule has 0 radical (unpaired) electrons. The van der Waals surface area contributed by atoms with Gasteiger partial charge in [-0.2, -0.15) is 0 Å². The number of carbonyl (C=O) groups is 2. The fourth-order valence-corrected chi connectivity index (χ4v) is 5.05. The fourth-order valence-electron chi connectivity index (χ4n) is 5.05. The number of ether oxygens (including phenoxy) is 1. The molecular formula is C32H41N5O4. The predicted octanol–water partition coefficient (Wildman–Crippen LogP) is 3.94. The normalized spacial score (nSPS) is 17.7. The zero-order valence-corrected chi connectivity index (χ0v) is 24.5. The van der Waals surface area contributed by atoms with Crippen LogP contribution >= 0.6 is 0 Å². The SMILES string of the molecule is C[C@H]1CN([C@@H](C)CO)C(=O)c2cccc(N(C)C)c2O[C@@H]1CN(C)Cc1ccc(C(=O)Nc2ccccc2N)cc1. The minimum atomic E-state index is -0.314. The van der Waals surface area contributed by atoms with Gasteiger partial charge in [0, 0.05) is 45.2 Å². The van der Waals surface area contributed by atoms with Crippen molar-refractivity contribution in [2.45, 2.75) is 32.5 Å². The van der Waals surface area contributed by atoms with Crippen LogP contribution in [0.1, 0.15) is 40.1 Å². The van der Waals surface area contributed by atoms with Crippen molar-refractivity contribution >= 4 is 28.9 Å². The fraction of sp³-hybridized carbons (Fsp3) is 0.375. The van der Waals surface area contributed by atoms with Gasteiger partial charge in [0.15, 0.2) is 5.75 Å². The highest BCUT2D eigenvalue weighted by Gasteiger charge is 2.34. The van der Waals surface area contributed by atoms with E-state index in [2.05, 4.69) is 17.1 Å². The highest BCUT2D eigenvalue weighted by Crippen LogP contribution is 2.36. The molecule has 0 saturated carbocycles. The van der Waals surface area contributed by atoms with Crippen molar-refractivity contribution < 1.29 is 19.4 Å². The van der Waals surface area contributed by atoms with Gasteiger partial charge in [-0.15, -0.1) is 0 Å². The van der Waals surface area contributed by atoms with E-state index >= 15 is 0 Å². The van der Waals surface area contributed by atoms with Gasteiger partial charge in [-0.25, -0.2) is 0 Å². The highest BCUT2D eigenvalue weighted by molar-refractivity contribution is 6.05. The number of para-hydroxylation sites is 3. The average molecular weight is 560 g/mol. The van der Waals surface area contributed by atoms with E-state index in [1.54, 1.807) is 23.1 Å². The lowest BCUT2D eigenvalue weighted by molar-refractivity contribution is 0.0343. The summed E-state index contributed by atoms with van der Waals surface area (Å²) in [4.78, 5) is 32.1. The summed E-state index contributed by atoms with van der Waals surface area (Å²) in [6, 6.07) is 20.0. The van der Waals surface area contributed by atoms with Crippen LogP contribution in [0.2, 0.25) is 0 Å². The molecule has 0 aromatic heterocycles. The Morgan fingerprint density at radius 1 is 1.10 bits per heavy atom. The second kappa shape index (κ2) is 13.1. The molecule has 9 heteroatoms. The van der Waals surface area contributed by atoms with Crippen molar-refractivity contribution in [3.05, 3.63) is 83.4 Å². The number of carbonyl (C=O) groups excluding carboxylic acids is 2. The predicted molar refractivity (Wildman–Crippen MR) is 164 cm³/mol. The average Bonchev–Trinajstić information content (AvgIpc) is 2.95. The number of rotatable bonds is 9. The Hall–Kier alpha value is -4.08. The van der Waals surface area contributed by atoms with Crippen LogP contribution in [0.3, 0.4) is 0 Å². The molecule has 0 unspecified atom stereocenters. The molecule has 0 aliphatic carbocycles. The van der Waals surface area contributed by atoms with Crippen LogP contribution in [0, 0.1) is 5.92 Å². The summed E-state index contributed by atoms with van der Waals surface area (Å²) in [5.74, 6) is 0.223. The van der Waals surface area contributed by atoms with Gasteiger partial charge in [-0.3, -0.25) is 14.5 Å². The number of nitrogens with one attached hydrogen (secondary N) is 1. The van der Waals surface area contributed by atoms with Crippen LogP contribution in [0.4, 0.5) is 17.1 Å². The number of hydrogen-bond donors (Lipinski definition) is 3. The molecule has 0 fully saturated rings. The van der Waals surface area contributed by atoms with Gasteiger partial charge in [0.2, 0.25) is 0 Å². The van der Waals surface area contributed by atoms with Gasteiger partial charge in [0.1, 0.15) is 6.10 Å². The third kappa shape index (κ3) is 6.99. The molecule has 4 rings (SSSR count). The summed E-state index contributed by atoms with van der Waals surface area (Å²) >= 11 is 0. The van der Waals surface area contributed by atoms with E-state index in [1.807, 2.05) is 81.5 Å². The Morgan fingerprint density at radius 3 is 2.46 bits per heavy atom. The van der Waals surface area contributed by atoms with Gasteiger partial charge in [0.25, 0.3) is 11.8 Å². The van der Waals surface area contributed by atoms with E-state index in [1.165, 1.54) is 0 Å². The van der Waals surface area contributed by atoms with Crippen molar-refractivity contribution in [2.24, 2.45) is 5.92 Å². The summed E-state index contributed by atoms with van der Waals surface area (Å²) in [7, 11) is 5.89. The first-order chi connectivity index (χ1) is 19.6. The minimum Gasteiger partial charge on any atom is -0.486 e. The summed E-state index contributed by atoms with van der Waals surface area (Å²) in [5, 5.41) is 12.7. The zero-order chi connectivity index (χ0) is 29.7. The number of fused-ring (bicyclic) bond motifs is 1. The standard InChI is InChI=1S/C32H41N5O4/c1-21-17-37(22(2)20-38)32(40)25-9-8-12-28(35(3)4)30(25)41-29(21)19-36(5)18-23-13-15-24(16-14-23)31(39)34-27-11-7-6-10-26(27)33/h6-16,21-22,29,38H,17-20,33H2,1-5H3,(H,34,39)/t21-,22-,29+/m0/s1. The number of nitrogens with zero attached hydrogens (tertiary/aromatic N) is 3. The van der Waals surface area contributed by atoms with E-state index in [4.69, 9.17) is 10.5 Å². The first-order valence-corrected chi connectivity index (χ1v) is 13.9. The Kier molecular flexibility index (Phi) is 9.52. The lowest BCUT2D eigenvalue weighted by atomic mass is 9.98. The van der Waals surface area contributed by atoms with Gasteiger partial charge in [-0.1, -0.05) is 37.3 Å². The maximum Gasteiger partial charge on any atom is 0.258 e. The van der Waals surface area contributed by atoms with Gasteiger partial charge < -0.3 is 30.7 Å². The number of likely N-dealkylation sites (N-methyl/N-ethyl adjacent to an activating group) is 1. The first-order valence-electron chi connectivity index (χ1n) is 13.9. The van der Waals surface area contributed by atoms with E-state index in [-0.39, 0.29) is 36.5 Å². The number of hydrogen-bond acceptors (Lipinski definition) is 7. The van der Waals surface area contributed by atoms with Crippen molar-refractivity contribution in [2.75, 3.05) is 56.8 Å². The van der Waals surface area contributed by atoms with E-state index in [0.717, 1.165) is 11.3 Å². The number of aliphatic hydroxyl groups excluding tert-OH is 1. The van der Waals surface area contributed by atoms with Gasteiger partial charge in [0.05, 0.1) is 35.3 Å². The molecule has 3 aromatic carbocycles. The summed E-state index contributed by atoms with van der Waals surface area (Å²) in [6.07, 6.45) is -0.206. The van der Waals surface area contributed by atoms with Gasteiger partial charge in [-0.05, 0) is 55.9 Å². The summed E-state index contributed by atoms with van der Waals surface area (Å²) < 4.78 is 6.64. The molecule has 2 amide bonds. The molecule has 3 aromatic rings. The maximum absolute atomic E-state index is 13.5. The van der Waals surface area contributed by atoms with Crippen molar-refractivity contribution in [1.82, 2.24) is 9.80 Å². The number of nitrogen functional groups attached to an aromatic ring is 1. The smallest absolute Gasteiger partial charge is 0.258 e. The third-order valence-electron chi connectivity index (χ3n) is 7.52. The maximum atomic E-state index is 13.5. The third-order valence-corrected chi connectivity index (χ3v) is 7.52. The molecule has 1 aliphatic rings. The Labute approximate surface area is 242 Å². The molecular weight excluding hydrogens is 518 g/mol. The number of amides is 2. The van der Waals surface area contributed by atoms with Crippen LogP contribution in [0.15, 0.2) is 66.7 Å². The van der Waals surface area contributed by atoms with Crippen LogP contribution in [-0.4, -0.2) is 79.7 Å². The monoisotopic (exact) mass is 559 g/mol. The van der Waals surface area contributed by atoms with Gasteiger partial charge >= 0.3 is 0 Å². The topological polar surface area (TPSA) is 111 Å². The molecule has 218 valence electrons. The first kappa shape index (κ1) is 29.9. The summed E-state index contributed by atoms with van der Waals surface area (Å²) in [6.45, 7) is 5.58. The van der Waals surface area contributed by atoms with E-state index < -0.39 is 0 Å². The Balaban J connectivity index is 1.49. The second-order valence-electron chi connectivity index (χ2n) is 11.1. The molecule has 4 N–H and O–H groups in total. The van der Waals surface area contributed by atoms with Crippen LogP contribution < -0.4 is 20.7 Å².